The number of imidazole rings is 1. The van der Waals surface area contributed by atoms with E-state index in [0.717, 1.165) is 0 Å². The molecule has 338 valence electrons. The Kier molecular flexibility index (Phi) is 15.1. The van der Waals surface area contributed by atoms with Crippen LogP contribution < -0.4 is 21.0 Å². The second-order valence-corrected chi connectivity index (χ2v) is 18.7. The Morgan fingerprint density at radius 2 is 1.16 bits per heavy atom. The fourth-order valence-corrected chi connectivity index (χ4v) is 5.86. The van der Waals surface area contributed by atoms with Gasteiger partial charge in [0.1, 0.15) is 34.8 Å². The molecule has 1 aliphatic rings. The molecule has 18 nitrogen and oxygen atoms in total. The number of hydrogen-bond donors (Lipinski definition) is 2. The van der Waals surface area contributed by atoms with Gasteiger partial charge in [-0.3, -0.25) is 9.59 Å². The van der Waals surface area contributed by atoms with Crippen LogP contribution in [0.15, 0.2) is 59.7 Å². The monoisotopic (exact) mass is 864 g/mol. The van der Waals surface area contributed by atoms with Crippen molar-refractivity contribution in [2.45, 2.75) is 118 Å². The van der Waals surface area contributed by atoms with Crippen molar-refractivity contribution in [1.82, 2.24) is 24.8 Å². The van der Waals surface area contributed by atoms with E-state index in [2.05, 4.69) is 15.6 Å². The largest absolute Gasteiger partial charge is 0.490 e. The highest BCUT2D eigenvalue weighted by atomic mass is 16.7. The summed E-state index contributed by atoms with van der Waals surface area (Å²) in [5.74, 6) is -2.42. The van der Waals surface area contributed by atoms with Crippen LogP contribution in [0, 0.1) is 5.92 Å². The van der Waals surface area contributed by atoms with E-state index in [1.165, 1.54) is 12.1 Å². The Bertz CT molecular complexity index is 2130. The number of hydroxylamine groups is 2. The standard InChI is InChI=1S/C44H60N6O12/c1-41(2,3)58-36(53)33(62-50-34(51)30-16-14-15-17-31(30)35(50)52)26-57-29-20-18-28(19-21-29)32-25-49(37(48(32)13)47-40(56)61-44(10,11)12)24-27(22-45-38(54)59-42(4,5)6)23-46-39(55)60-43(7,8)9/h14-21,25,27,33H,22-24,26H2,1-13H3,(H,45,54)(H,46,55). The van der Waals surface area contributed by atoms with E-state index in [0.29, 0.717) is 22.1 Å². The van der Waals surface area contributed by atoms with Crippen molar-refractivity contribution in [3.8, 4) is 17.0 Å². The summed E-state index contributed by atoms with van der Waals surface area (Å²) in [6, 6.07) is 13.0. The molecule has 1 aliphatic heterocycles. The molecule has 0 bridgehead atoms. The van der Waals surface area contributed by atoms with Gasteiger partial charge >= 0.3 is 24.2 Å². The van der Waals surface area contributed by atoms with Crippen LogP contribution in [-0.4, -0.2) is 98.5 Å². The molecule has 5 amide bonds. The van der Waals surface area contributed by atoms with Crippen LogP contribution >= 0.6 is 0 Å². The number of hydrogen-bond acceptors (Lipinski definition) is 12. The topological polar surface area (TPSA) is 207 Å². The number of imide groups is 1. The number of aromatic nitrogens is 2. The van der Waals surface area contributed by atoms with Crippen molar-refractivity contribution in [2.24, 2.45) is 18.0 Å². The van der Waals surface area contributed by atoms with Gasteiger partial charge in [0, 0.05) is 38.8 Å². The van der Waals surface area contributed by atoms with Crippen molar-refractivity contribution in [2.75, 3.05) is 19.7 Å². The van der Waals surface area contributed by atoms with Crippen molar-refractivity contribution < 1.29 is 57.3 Å². The Labute approximate surface area is 361 Å². The Balaban J connectivity index is 1.62. The number of carbonyl (C=O) groups excluding carboxylic acids is 6. The normalized spacial score (nSPS) is 14.0. The predicted molar refractivity (Wildman–Crippen MR) is 226 cm³/mol. The van der Waals surface area contributed by atoms with E-state index < -0.39 is 77.1 Å². The number of fused-ring (bicyclic) bond motifs is 1. The summed E-state index contributed by atoms with van der Waals surface area (Å²) >= 11 is 0. The number of nitrogens with one attached hydrogen (secondary N) is 2. The molecule has 1 atom stereocenters. The first kappa shape index (κ1) is 48.5. The van der Waals surface area contributed by atoms with E-state index >= 15 is 0 Å². The molecule has 1 unspecified atom stereocenters. The number of benzene rings is 2. The maximum Gasteiger partial charge on any atom is 0.437 e. The van der Waals surface area contributed by atoms with Crippen LogP contribution in [0.2, 0.25) is 0 Å². The van der Waals surface area contributed by atoms with E-state index in [1.54, 1.807) is 142 Å². The van der Waals surface area contributed by atoms with Crippen molar-refractivity contribution in [3.05, 3.63) is 71.5 Å². The first-order valence-corrected chi connectivity index (χ1v) is 20.2. The summed E-state index contributed by atoms with van der Waals surface area (Å²) in [5, 5.41) is 6.07. The van der Waals surface area contributed by atoms with Crippen molar-refractivity contribution in [1.29, 1.82) is 0 Å². The molecule has 0 fully saturated rings. The Morgan fingerprint density at radius 1 is 0.677 bits per heavy atom. The van der Waals surface area contributed by atoms with Gasteiger partial charge < -0.3 is 43.5 Å². The zero-order valence-electron chi connectivity index (χ0n) is 37.9. The number of nitrogens with zero attached hydrogens (tertiary/aromatic N) is 4. The second kappa shape index (κ2) is 19.3. The molecule has 18 heteroatoms. The summed E-state index contributed by atoms with van der Waals surface area (Å²) in [6.45, 7) is 20.5. The molecule has 4 rings (SSSR count). The van der Waals surface area contributed by atoms with E-state index in [4.69, 9.17) is 28.5 Å². The van der Waals surface area contributed by atoms with Crippen LogP contribution in [-0.2, 0) is 42.2 Å². The second-order valence-electron chi connectivity index (χ2n) is 18.7. The molecule has 1 aromatic heterocycles. The minimum absolute atomic E-state index is 0.0703. The molecule has 0 saturated carbocycles. The molecular formula is C44H60N6O12. The van der Waals surface area contributed by atoms with Gasteiger partial charge in [0.05, 0.1) is 16.8 Å². The zero-order valence-corrected chi connectivity index (χ0v) is 37.9. The van der Waals surface area contributed by atoms with Gasteiger partial charge in [0.15, 0.2) is 0 Å². The Hall–Kier alpha value is -6.17. The lowest BCUT2D eigenvalue weighted by molar-refractivity contribution is -0.193. The molecule has 0 radical (unpaired) electrons. The molecular weight excluding hydrogens is 805 g/mol. The molecule has 2 aromatic carbocycles. The SMILES string of the molecule is Cn1c(-c2ccc(OCC(ON3C(=O)c4ccccc4C3=O)C(=O)OC(C)(C)C)cc2)cn(CC(CNC(=O)OC(C)(C)C)CNC(=O)OC(C)(C)C)c1=NC(=O)OC(C)(C)C. The number of carbonyl (C=O) groups is 6. The highest BCUT2D eigenvalue weighted by Crippen LogP contribution is 2.26. The third-order valence-electron chi connectivity index (χ3n) is 8.31. The maximum absolute atomic E-state index is 13.3. The van der Waals surface area contributed by atoms with Crippen LogP contribution in [0.4, 0.5) is 14.4 Å². The maximum atomic E-state index is 13.3. The van der Waals surface area contributed by atoms with E-state index in [-0.39, 0.29) is 36.4 Å². The number of rotatable bonds is 13. The van der Waals surface area contributed by atoms with Crippen LogP contribution in [0.3, 0.4) is 0 Å². The van der Waals surface area contributed by atoms with Crippen LogP contribution in [0.5, 0.6) is 5.75 Å². The minimum atomic E-state index is -1.50. The zero-order chi connectivity index (χ0) is 46.4. The van der Waals surface area contributed by atoms with E-state index in [1.807, 2.05) is 0 Å². The third-order valence-corrected chi connectivity index (χ3v) is 8.31. The van der Waals surface area contributed by atoms with Gasteiger partial charge in [-0.25, -0.2) is 24.0 Å². The summed E-state index contributed by atoms with van der Waals surface area (Å²) < 4.78 is 31.3. The van der Waals surface area contributed by atoms with Gasteiger partial charge in [-0.15, -0.1) is 10.1 Å². The number of amides is 5. The van der Waals surface area contributed by atoms with Crippen molar-refractivity contribution in [3.63, 3.8) is 0 Å². The third kappa shape index (κ3) is 14.5. The summed E-state index contributed by atoms with van der Waals surface area (Å²) in [6.07, 6.45) is -1.86. The lowest BCUT2D eigenvalue weighted by Crippen LogP contribution is -2.43. The fraction of sp³-hybridized carbons (Fsp3) is 0.523. The summed E-state index contributed by atoms with van der Waals surface area (Å²) in [4.78, 5) is 87.8. The lowest BCUT2D eigenvalue weighted by atomic mass is 10.1. The molecule has 0 aliphatic carbocycles. The van der Waals surface area contributed by atoms with Gasteiger partial charge in [-0.1, -0.05) is 12.1 Å². The van der Waals surface area contributed by atoms with Gasteiger partial charge in [0.2, 0.25) is 11.7 Å². The number of alkyl carbamates (subject to hydrolysis) is 2. The molecule has 2 heterocycles. The molecule has 0 spiro atoms. The fourth-order valence-electron chi connectivity index (χ4n) is 5.86. The summed E-state index contributed by atoms with van der Waals surface area (Å²) in [5.41, 5.74) is -1.45. The average molecular weight is 865 g/mol. The quantitative estimate of drug-likeness (QED) is 0.110. The first-order valence-electron chi connectivity index (χ1n) is 20.2. The average Bonchev–Trinajstić information content (AvgIpc) is 3.55. The summed E-state index contributed by atoms with van der Waals surface area (Å²) in [7, 11) is 1.72. The van der Waals surface area contributed by atoms with Crippen molar-refractivity contribution >= 4 is 36.1 Å². The van der Waals surface area contributed by atoms with Gasteiger partial charge in [-0.05, 0) is 125 Å². The molecule has 62 heavy (non-hydrogen) atoms. The highest BCUT2D eigenvalue weighted by Gasteiger charge is 2.41. The smallest absolute Gasteiger partial charge is 0.437 e. The van der Waals surface area contributed by atoms with Gasteiger partial charge in [-0.2, -0.15) is 0 Å². The highest BCUT2D eigenvalue weighted by molar-refractivity contribution is 6.20. The first-order chi connectivity index (χ1) is 28.6. The number of esters is 1. The van der Waals surface area contributed by atoms with E-state index in [9.17, 15) is 28.8 Å². The van der Waals surface area contributed by atoms with Crippen LogP contribution in [0.1, 0.15) is 104 Å². The molecule has 2 N–H and O–H groups in total. The van der Waals surface area contributed by atoms with Crippen LogP contribution in [0.25, 0.3) is 11.3 Å². The lowest BCUT2D eigenvalue weighted by Gasteiger charge is -2.26. The minimum Gasteiger partial charge on any atom is -0.490 e. The number of ether oxygens (including phenoxy) is 5. The predicted octanol–water partition coefficient (Wildman–Crippen LogP) is 6.31. The Morgan fingerprint density at radius 3 is 1.63 bits per heavy atom. The van der Waals surface area contributed by atoms with Gasteiger partial charge in [0.25, 0.3) is 11.8 Å². The molecule has 3 aromatic rings. The molecule has 0 saturated heterocycles.